The topological polar surface area (TPSA) is 79.1 Å². The summed E-state index contributed by atoms with van der Waals surface area (Å²) in [5.74, 6) is 0.909. The van der Waals surface area contributed by atoms with E-state index in [1.807, 2.05) is 61.5 Å². The van der Waals surface area contributed by atoms with Crippen LogP contribution >= 0.6 is 56.5 Å². The highest BCUT2D eigenvalue weighted by Gasteiger charge is 2.37. The van der Waals surface area contributed by atoms with Crippen molar-refractivity contribution in [1.29, 1.82) is 0 Å². The standard InChI is InChI=1S/C31H28I2N2O5S/c1-5-9-22-26(30(37)40-6-2)27(25-19-11-8-7-10-18(19)12-13-23(25)38-3)35-29(36)24(41-31(35)34-22)16-17-14-20(32)28(39-4)21(33)15-17/h7-8,10-16,27H,5-6,9H2,1-4H3/b24-16-. The molecule has 1 aromatic heterocycles. The van der Waals surface area contributed by atoms with E-state index in [-0.39, 0.29) is 12.2 Å². The first-order valence-corrected chi connectivity index (χ1v) is 16.1. The Bertz CT molecular complexity index is 1850. The summed E-state index contributed by atoms with van der Waals surface area (Å²) in [5.41, 5.74) is 2.39. The molecule has 212 valence electrons. The van der Waals surface area contributed by atoms with E-state index in [2.05, 4.69) is 45.2 Å². The molecule has 3 aromatic carbocycles. The molecule has 0 N–H and O–H groups in total. The second-order valence-corrected chi connectivity index (χ2v) is 12.7. The van der Waals surface area contributed by atoms with Crippen molar-refractivity contribution >= 4 is 79.3 Å². The fourth-order valence-electron chi connectivity index (χ4n) is 5.14. The number of ether oxygens (including phenoxy) is 3. The predicted octanol–water partition coefficient (Wildman–Crippen LogP) is 5.96. The van der Waals surface area contributed by atoms with Crippen molar-refractivity contribution in [3.63, 3.8) is 0 Å². The second-order valence-electron chi connectivity index (χ2n) is 9.33. The van der Waals surface area contributed by atoms with Gasteiger partial charge in [0.15, 0.2) is 4.80 Å². The quantitative estimate of drug-likeness (QED) is 0.163. The largest absolute Gasteiger partial charge is 0.496 e. The van der Waals surface area contributed by atoms with Gasteiger partial charge in [-0.2, -0.15) is 0 Å². The molecule has 1 aliphatic heterocycles. The van der Waals surface area contributed by atoms with E-state index in [1.54, 1.807) is 25.7 Å². The molecule has 1 atom stereocenters. The van der Waals surface area contributed by atoms with Gasteiger partial charge in [-0.1, -0.05) is 55.0 Å². The number of nitrogens with zero attached hydrogens (tertiary/aromatic N) is 2. The van der Waals surface area contributed by atoms with Gasteiger partial charge in [-0.15, -0.1) is 0 Å². The van der Waals surface area contributed by atoms with Crippen molar-refractivity contribution in [2.24, 2.45) is 4.99 Å². The molecule has 0 amide bonds. The highest BCUT2D eigenvalue weighted by Crippen LogP contribution is 2.41. The summed E-state index contributed by atoms with van der Waals surface area (Å²) in [4.78, 5) is 33.3. The third kappa shape index (κ3) is 5.57. The van der Waals surface area contributed by atoms with Gasteiger partial charge in [0.1, 0.15) is 17.5 Å². The summed E-state index contributed by atoms with van der Waals surface area (Å²) in [6.45, 7) is 4.03. The fourth-order valence-corrected chi connectivity index (χ4v) is 8.42. The molecule has 1 aliphatic rings. The van der Waals surface area contributed by atoms with Crippen LogP contribution in [0.25, 0.3) is 16.8 Å². The number of methoxy groups -OCH3 is 2. The van der Waals surface area contributed by atoms with Crippen LogP contribution < -0.4 is 24.4 Å². The fraction of sp³-hybridized carbons (Fsp3) is 0.258. The van der Waals surface area contributed by atoms with Crippen LogP contribution in [0.1, 0.15) is 43.9 Å². The molecule has 0 bridgehead atoms. The molecular weight excluding hydrogens is 766 g/mol. The lowest BCUT2D eigenvalue weighted by Gasteiger charge is -2.28. The SMILES string of the molecule is CCCC1=C(C(=O)OCC)C(c2c(OC)ccc3ccccc23)n2c(s/c(=C\c3cc(I)c(OC)c(I)c3)c2=O)=N1. The Morgan fingerprint density at radius 3 is 2.46 bits per heavy atom. The third-order valence-corrected chi connectivity index (χ3v) is 9.42. The number of esters is 1. The minimum Gasteiger partial charge on any atom is -0.496 e. The smallest absolute Gasteiger partial charge is 0.338 e. The number of rotatable bonds is 8. The first-order chi connectivity index (χ1) is 19.8. The summed E-state index contributed by atoms with van der Waals surface area (Å²) in [7, 11) is 3.25. The minimum atomic E-state index is -0.772. The van der Waals surface area contributed by atoms with Gasteiger partial charge in [-0.25, -0.2) is 9.79 Å². The molecule has 0 saturated heterocycles. The number of carbonyl (C=O) groups excluding carboxylic acids is 1. The lowest BCUT2D eigenvalue weighted by Crippen LogP contribution is -2.40. The molecule has 4 aromatic rings. The normalized spacial score (nSPS) is 15.1. The van der Waals surface area contributed by atoms with Crippen molar-refractivity contribution in [3.8, 4) is 11.5 Å². The molecule has 2 heterocycles. The van der Waals surface area contributed by atoms with Crippen molar-refractivity contribution in [3.05, 3.63) is 97.8 Å². The Labute approximate surface area is 268 Å². The van der Waals surface area contributed by atoms with E-state index in [0.29, 0.717) is 32.8 Å². The number of benzene rings is 3. The minimum absolute atomic E-state index is 0.209. The van der Waals surface area contributed by atoms with Gasteiger partial charge in [0.05, 0.1) is 43.8 Å². The van der Waals surface area contributed by atoms with Gasteiger partial charge in [0.2, 0.25) is 0 Å². The summed E-state index contributed by atoms with van der Waals surface area (Å²) >= 11 is 5.79. The molecule has 10 heteroatoms. The molecule has 0 spiro atoms. The molecule has 41 heavy (non-hydrogen) atoms. The number of thiazole rings is 1. The molecule has 0 saturated carbocycles. The summed E-state index contributed by atoms with van der Waals surface area (Å²) in [6.07, 6.45) is 3.22. The molecule has 1 unspecified atom stereocenters. The molecule has 7 nitrogen and oxygen atoms in total. The molecular formula is C31H28I2N2O5S. The number of hydrogen-bond donors (Lipinski definition) is 0. The van der Waals surface area contributed by atoms with Crippen molar-refractivity contribution < 1.29 is 19.0 Å². The Morgan fingerprint density at radius 2 is 1.80 bits per heavy atom. The predicted molar refractivity (Wildman–Crippen MR) is 179 cm³/mol. The maximum atomic E-state index is 14.3. The lowest BCUT2D eigenvalue weighted by atomic mass is 9.90. The zero-order valence-corrected chi connectivity index (χ0v) is 28.1. The lowest BCUT2D eigenvalue weighted by molar-refractivity contribution is -0.139. The van der Waals surface area contributed by atoms with Crippen molar-refractivity contribution in [1.82, 2.24) is 4.57 Å². The van der Waals surface area contributed by atoms with Crippen LogP contribution in [-0.2, 0) is 9.53 Å². The van der Waals surface area contributed by atoms with Crippen LogP contribution in [0.15, 0.2) is 69.6 Å². The number of halogens is 2. The first-order valence-electron chi connectivity index (χ1n) is 13.1. The van der Waals surface area contributed by atoms with Crippen LogP contribution in [0.3, 0.4) is 0 Å². The van der Waals surface area contributed by atoms with Gasteiger partial charge >= 0.3 is 5.97 Å². The van der Waals surface area contributed by atoms with Crippen LogP contribution in [0.5, 0.6) is 11.5 Å². The van der Waals surface area contributed by atoms with Gasteiger partial charge in [-0.3, -0.25) is 9.36 Å². The maximum absolute atomic E-state index is 14.3. The van der Waals surface area contributed by atoms with E-state index in [0.717, 1.165) is 41.2 Å². The molecule has 0 radical (unpaired) electrons. The van der Waals surface area contributed by atoms with Crippen LogP contribution in [-0.4, -0.2) is 31.4 Å². The second kappa shape index (κ2) is 12.7. The zero-order chi connectivity index (χ0) is 29.3. The van der Waals surface area contributed by atoms with Crippen LogP contribution in [0.2, 0.25) is 0 Å². The summed E-state index contributed by atoms with van der Waals surface area (Å²) in [5, 5.41) is 1.87. The summed E-state index contributed by atoms with van der Waals surface area (Å²) in [6, 6.07) is 15.0. The van der Waals surface area contributed by atoms with Crippen molar-refractivity contribution in [2.75, 3.05) is 20.8 Å². The average Bonchev–Trinajstić information content (AvgIpc) is 3.26. The van der Waals surface area contributed by atoms with Gasteiger partial charge in [0.25, 0.3) is 5.56 Å². The summed E-state index contributed by atoms with van der Waals surface area (Å²) < 4.78 is 21.0. The molecule has 5 rings (SSSR count). The van der Waals surface area contributed by atoms with E-state index in [1.165, 1.54) is 11.3 Å². The average molecular weight is 794 g/mol. The number of fused-ring (bicyclic) bond motifs is 2. The molecule has 0 fully saturated rings. The van der Waals surface area contributed by atoms with Gasteiger partial charge in [-0.05, 0) is 99.1 Å². The monoisotopic (exact) mass is 794 g/mol. The number of aromatic nitrogens is 1. The van der Waals surface area contributed by atoms with E-state index < -0.39 is 12.0 Å². The number of carbonyl (C=O) groups is 1. The van der Waals surface area contributed by atoms with Crippen molar-refractivity contribution in [2.45, 2.75) is 32.7 Å². The highest BCUT2D eigenvalue weighted by molar-refractivity contribution is 14.1. The third-order valence-electron chi connectivity index (χ3n) is 6.84. The Balaban J connectivity index is 1.86. The maximum Gasteiger partial charge on any atom is 0.338 e. The van der Waals surface area contributed by atoms with E-state index >= 15 is 0 Å². The van der Waals surface area contributed by atoms with Crippen LogP contribution in [0.4, 0.5) is 0 Å². The highest BCUT2D eigenvalue weighted by atomic mass is 127. The Kier molecular flexibility index (Phi) is 9.19. The van der Waals surface area contributed by atoms with Gasteiger partial charge in [0, 0.05) is 5.56 Å². The van der Waals surface area contributed by atoms with Gasteiger partial charge < -0.3 is 14.2 Å². The Morgan fingerprint density at radius 1 is 1.07 bits per heavy atom. The first kappa shape index (κ1) is 29.8. The Hall–Kier alpha value is -2.71. The van der Waals surface area contributed by atoms with E-state index in [9.17, 15) is 9.59 Å². The molecule has 0 aliphatic carbocycles. The van der Waals surface area contributed by atoms with Crippen LogP contribution in [0, 0.1) is 7.14 Å². The van der Waals surface area contributed by atoms with E-state index in [4.69, 9.17) is 19.2 Å². The number of allylic oxidation sites excluding steroid dienone is 1. The number of hydrogen-bond acceptors (Lipinski definition) is 7. The zero-order valence-electron chi connectivity index (χ0n) is 23.0.